The van der Waals surface area contributed by atoms with E-state index in [0.717, 1.165) is 0 Å². The summed E-state index contributed by atoms with van der Waals surface area (Å²) in [4.78, 5) is 36.0. The number of carboxylic acids is 1. The largest absolute Gasteiger partial charge is 0.480 e. The van der Waals surface area contributed by atoms with E-state index in [1.807, 2.05) is 0 Å². The van der Waals surface area contributed by atoms with Crippen LogP contribution in [-0.2, 0) is 9.59 Å². The molecule has 1 aliphatic rings. The van der Waals surface area contributed by atoms with Gasteiger partial charge in [-0.1, -0.05) is 24.3 Å². The number of carbonyl (C=O) groups is 3. The van der Waals surface area contributed by atoms with Crippen molar-refractivity contribution in [1.29, 1.82) is 0 Å². The molecular formula is C20H18N2O6. The van der Waals surface area contributed by atoms with Crippen LogP contribution in [0.1, 0.15) is 22.8 Å². The summed E-state index contributed by atoms with van der Waals surface area (Å²) in [6.45, 7) is 1.44. The minimum atomic E-state index is -1.19. The van der Waals surface area contributed by atoms with Crippen LogP contribution in [-0.4, -0.2) is 35.7 Å². The van der Waals surface area contributed by atoms with Crippen LogP contribution >= 0.6 is 0 Å². The maximum absolute atomic E-state index is 12.5. The molecule has 1 aliphatic heterocycles. The first-order valence-electron chi connectivity index (χ1n) is 8.45. The number of ether oxygens (including phenoxy) is 2. The van der Waals surface area contributed by atoms with Crippen molar-refractivity contribution in [2.45, 2.75) is 13.0 Å². The lowest BCUT2D eigenvalue weighted by Crippen LogP contribution is -2.42. The van der Waals surface area contributed by atoms with E-state index in [1.165, 1.54) is 13.0 Å². The SMILES string of the molecule is C[C@@H](NC(=O)/C(=C/c1ccc2c(c1)OCO2)NC(=O)c1ccccc1)C(=O)O. The summed E-state index contributed by atoms with van der Waals surface area (Å²) in [7, 11) is 0. The van der Waals surface area contributed by atoms with Crippen molar-refractivity contribution in [3.8, 4) is 11.5 Å². The molecule has 144 valence electrons. The molecule has 0 saturated carbocycles. The summed E-state index contributed by atoms with van der Waals surface area (Å²) in [6.07, 6.45) is 1.44. The Labute approximate surface area is 160 Å². The van der Waals surface area contributed by atoms with Gasteiger partial charge in [0.2, 0.25) is 6.79 Å². The third kappa shape index (κ3) is 4.47. The van der Waals surface area contributed by atoms with E-state index in [1.54, 1.807) is 48.5 Å². The highest BCUT2D eigenvalue weighted by Crippen LogP contribution is 2.33. The van der Waals surface area contributed by atoms with Crippen molar-refractivity contribution < 1.29 is 29.0 Å². The molecule has 0 radical (unpaired) electrons. The lowest BCUT2D eigenvalue weighted by Gasteiger charge is -2.13. The Morgan fingerprint density at radius 2 is 1.79 bits per heavy atom. The summed E-state index contributed by atoms with van der Waals surface area (Å²) >= 11 is 0. The number of hydrogen-bond donors (Lipinski definition) is 3. The molecule has 8 nitrogen and oxygen atoms in total. The summed E-state index contributed by atoms with van der Waals surface area (Å²) in [5, 5.41) is 13.9. The Morgan fingerprint density at radius 1 is 1.07 bits per heavy atom. The Balaban J connectivity index is 1.88. The highest BCUT2D eigenvalue weighted by atomic mass is 16.7. The number of hydrogen-bond acceptors (Lipinski definition) is 5. The topological polar surface area (TPSA) is 114 Å². The Bertz CT molecular complexity index is 939. The molecule has 2 aromatic carbocycles. The highest BCUT2D eigenvalue weighted by Gasteiger charge is 2.20. The Hall–Kier alpha value is -3.81. The van der Waals surface area contributed by atoms with Crippen LogP contribution in [0.25, 0.3) is 6.08 Å². The first-order chi connectivity index (χ1) is 13.4. The fourth-order valence-corrected chi connectivity index (χ4v) is 2.45. The lowest BCUT2D eigenvalue weighted by molar-refractivity contribution is -0.140. The number of carbonyl (C=O) groups excluding carboxylic acids is 2. The zero-order valence-corrected chi connectivity index (χ0v) is 15.0. The van der Waals surface area contributed by atoms with Crippen molar-refractivity contribution in [3.05, 3.63) is 65.4 Å². The van der Waals surface area contributed by atoms with E-state index in [4.69, 9.17) is 14.6 Å². The van der Waals surface area contributed by atoms with Gasteiger partial charge in [0.15, 0.2) is 11.5 Å². The van der Waals surface area contributed by atoms with Crippen molar-refractivity contribution >= 4 is 23.9 Å². The van der Waals surface area contributed by atoms with Crippen molar-refractivity contribution in [2.24, 2.45) is 0 Å². The van der Waals surface area contributed by atoms with Gasteiger partial charge in [-0.05, 0) is 42.8 Å². The fourth-order valence-electron chi connectivity index (χ4n) is 2.45. The molecule has 0 aromatic heterocycles. The van der Waals surface area contributed by atoms with Crippen LogP contribution in [0.5, 0.6) is 11.5 Å². The van der Waals surface area contributed by atoms with E-state index >= 15 is 0 Å². The molecule has 0 bridgehead atoms. The number of amides is 2. The third-order valence-corrected chi connectivity index (χ3v) is 3.95. The molecule has 8 heteroatoms. The molecule has 0 aliphatic carbocycles. The van der Waals surface area contributed by atoms with E-state index < -0.39 is 23.8 Å². The first-order valence-corrected chi connectivity index (χ1v) is 8.45. The van der Waals surface area contributed by atoms with E-state index in [2.05, 4.69) is 10.6 Å². The van der Waals surface area contributed by atoms with Gasteiger partial charge in [0, 0.05) is 5.56 Å². The normalized spacial score (nSPS) is 13.5. The number of fused-ring (bicyclic) bond motifs is 1. The van der Waals surface area contributed by atoms with Crippen LogP contribution in [0.4, 0.5) is 0 Å². The van der Waals surface area contributed by atoms with Gasteiger partial charge in [0.05, 0.1) is 0 Å². The molecule has 0 spiro atoms. The molecule has 1 heterocycles. The Kier molecular flexibility index (Phi) is 5.59. The molecule has 28 heavy (non-hydrogen) atoms. The van der Waals surface area contributed by atoms with Gasteiger partial charge in [-0.3, -0.25) is 14.4 Å². The minimum Gasteiger partial charge on any atom is -0.480 e. The van der Waals surface area contributed by atoms with Gasteiger partial charge >= 0.3 is 5.97 Å². The smallest absolute Gasteiger partial charge is 0.325 e. The second-order valence-electron chi connectivity index (χ2n) is 6.02. The van der Waals surface area contributed by atoms with Crippen LogP contribution in [0, 0.1) is 0 Å². The summed E-state index contributed by atoms with van der Waals surface area (Å²) in [6, 6.07) is 12.3. The van der Waals surface area contributed by atoms with Gasteiger partial charge in [-0.25, -0.2) is 0 Å². The van der Waals surface area contributed by atoms with Gasteiger partial charge in [-0.2, -0.15) is 0 Å². The van der Waals surface area contributed by atoms with Gasteiger partial charge in [0.25, 0.3) is 11.8 Å². The molecule has 2 aromatic rings. The van der Waals surface area contributed by atoms with E-state index in [0.29, 0.717) is 22.6 Å². The van der Waals surface area contributed by atoms with Gasteiger partial charge in [-0.15, -0.1) is 0 Å². The average molecular weight is 382 g/mol. The van der Waals surface area contributed by atoms with Crippen LogP contribution in [0.2, 0.25) is 0 Å². The molecule has 0 saturated heterocycles. The van der Waals surface area contributed by atoms with E-state index in [9.17, 15) is 14.4 Å². The summed E-state index contributed by atoms with van der Waals surface area (Å²) < 4.78 is 10.6. The average Bonchev–Trinajstić information content (AvgIpc) is 3.15. The number of rotatable bonds is 6. The predicted molar refractivity (Wildman–Crippen MR) is 99.7 cm³/mol. The molecule has 1 atom stereocenters. The van der Waals surface area contributed by atoms with Crippen LogP contribution in [0.15, 0.2) is 54.2 Å². The number of nitrogens with one attached hydrogen (secondary N) is 2. The molecule has 2 amide bonds. The maximum atomic E-state index is 12.5. The second kappa shape index (κ2) is 8.26. The highest BCUT2D eigenvalue weighted by molar-refractivity contribution is 6.06. The van der Waals surface area contributed by atoms with Crippen molar-refractivity contribution in [2.75, 3.05) is 6.79 Å². The summed E-state index contributed by atoms with van der Waals surface area (Å²) in [5.41, 5.74) is 0.838. The Morgan fingerprint density at radius 3 is 2.50 bits per heavy atom. The number of carboxylic acid groups (broad SMARTS) is 1. The van der Waals surface area contributed by atoms with E-state index in [-0.39, 0.29) is 12.5 Å². The third-order valence-electron chi connectivity index (χ3n) is 3.95. The number of benzene rings is 2. The maximum Gasteiger partial charge on any atom is 0.325 e. The van der Waals surface area contributed by atoms with Gasteiger partial charge in [0.1, 0.15) is 11.7 Å². The standard InChI is InChI=1S/C20H18N2O6/c1-12(20(25)26)21-19(24)15(22-18(23)14-5-3-2-4-6-14)9-13-7-8-16-17(10-13)28-11-27-16/h2-10,12H,11H2,1H3,(H,21,24)(H,22,23)(H,25,26)/b15-9-/t12-/m1/s1. The molecule has 3 N–H and O–H groups in total. The van der Waals surface area contributed by atoms with Crippen LogP contribution in [0.3, 0.4) is 0 Å². The molecule has 0 fully saturated rings. The van der Waals surface area contributed by atoms with Gasteiger partial charge < -0.3 is 25.2 Å². The molecular weight excluding hydrogens is 364 g/mol. The monoisotopic (exact) mass is 382 g/mol. The number of aliphatic carboxylic acids is 1. The summed E-state index contributed by atoms with van der Waals surface area (Å²) in [5.74, 6) is -1.31. The lowest BCUT2D eigenvalue weighted by atomic mass is 10.1. The van der Waals surface area contributed by atoms with Crippen molar-refractivity contribution in [1.82, 2.24) is 10.6 Å². The second-order valence-corrected chi connectivity index (χ2v) is 6.02. The molecule has 0 unspecified atom stereocenters. The minimum absolute atomic E-state index is 0.0965. The quantitative estimate of drug-likeness (QED) is 0.656. The first kappa shape index (κ1) is 19.0. The van der Waals surface area contributed by atoms with Crippen molar-refractivity contribution in [3.63, 3.8) is 0 Å². The fraction of sp³-hybridized carbons (Fsp3) is 0.150. The van der Waals surface area contributed by atoms with Crippen LogP contribution < -0.4 is 20.1 Å². The zero-order valence-electron chi connectivity index (χ0n) is 15.0. The predicted octanol–water partition coefficient (Wildman–Crippen LogP) is 1.78. The molecule has 3 rings (SSSR count). The zero-order chi connectivity index (χ0) is 20.1.